The predicted molar refractivity (Wildman–Crippen MR) is 137 cm³/mol. The minimum Gasteiger partial charge on any atom is -0.491 e. The van der Waals surface area contributed by atoms with Crippen LogP contribution in [-0.2, 0) is 9.59 Å². The summed E-state index contributed by atoms with van der Waals surface area (Å²) in [5, 5.41) is 3.24. The van der Waals surface area contributed by atoms with E-state index in [1.807, 2.05) is 102 Å². The molecule has 4 rings (SSSR count). The van der Waals surface area contributed by atoms with Gasteiger partial charge in [-0.05, 0) is 94.1 Å². The summed E-state index contributed by atoms with van der Waals surface area (Å²) in [6, 6.07) is 19.0. The van der Waals surface area contributed by atoms with Gasteiger partial charge in [0.15, 0.2) is 0 Å². The molecule has 0 spiro atoms. The maximum atomic E-state index is 13.8. The molecular weight excluding hydrogens is 424 g/mol. The molecule has 3 aromatic rings. The highest BCUT2D eigenvalue weighted by Crippen LogP contribution is 2.37. The smallest absolute Gasteiger partial charge is 0.282 e. The van der Waals surface area contributed by atoms with E-state index in [0.717, 1.165) is 33.6 Å². The van der Waals surface area contributed by atoms with Gasteiger partial charge in [-0.2, -0.15) is 0 Å². The van der Waals surface area contributed by atoms with E-state index in [4.69, 9.17) is 4.74 Å². The number of nitrogens with zero attached hydrogens (tertiary/aromatic N) is 1. The van der Waals surface area contributed by atoms with Crippen LogP contribution < -0.4 is 15.0 Å². The maximum Gasteiger partial charge on any atom is 0.282 e. The number of hydrogen-bond acceptors (Lipinski definition) is 4. The van der Waals surface area contributed by atoms with Gasteiger partial charge >= 0.3 is 0 Å². The van der Waals surface area contributed by atoms with Crippen LogP contribution in [0.5, 0.6) is 5.75 Å². The van der Waals surface area contributed by atoms with Gasteiger partial charge in [-0.3, -0.25) is 9.59 Å². The molecule has 0 saturated heterocycles. The summed E-state index contributed by atoms with van der Waals surface area (Å²) in [6.45, 7) is 11.8. The molecule has 34 heavy (non-hydrogen) atoms. The van der Waals surface area contributed by atoms with Crippen LogP contribution in [0.25, 0.3) is 5.57 Å². The number of carbonyl (C=O) groups excluding carboxylic acids is 2. The molecule has 0 saturated carbocycles. The second-order valence-corrected chi connectivity index (χ2v) is 9.05. The first kappa shape index (κ1) is 23.3. The van der Waals surface area contributed by atoms with E-state index in [-0.39, 0.29) is 23.6 Å². The lowest BCUT2D eigenvalue weighted by Gasteiger charge is -2.19. The predicted octanol–water partition coefficient (Wildman–Crippen LogP) is 6.10. The third-order valence-electron chi connectivity index (χ3n) is 6.05. The van der Waals surface area contributed by atoms with E-state index in [1.54, 1.807) is 0 Å². The van der Waals surface area contributed by atoms with E-state index in [0.29, 0.717) is 16.9 Å². The summed E-state index contributed by atoms with van der Waals surface area (Å²) in [6.07, 6.45) is 0.0674. The Hall–Kier alpha value is -3.86. The van der Waals surface area contributed by atoms with Crippen LogP contribution in [0, 0.1) is 27.7 Å². The average molecular weight is 455 g/mol. The number of hydrogen-bond donors (Lipinski definition) is 1. The molecule has 0 radical (unpaired) electrons. The van der Waals surface area contributed by atoms with Crippen molar-refractivity contribution in [1.29, 1.82) is 0 Å². The molecule has 1 aliphatic heterocycles. The van der Waals surface area contributed by atoms with Crippen LogP contribution in [0.15, 0.2) is 66.4 Å². The van der Waals surface area contributed by atoms with Gasteiger partial charge in [-0.15, -0.1) is 0 Å². The molecule has 1 aliphatic rings. The molecule has 1 heterocycles. The van der Waals surface area contributed by atoms with Crippen molar-refractivity contribution >= 4 is 28.8 Å². The first-order valence-corrected chi connectivity index (χ1v) is 11.5. The van der Waals surface area contributed by atoms with Crippen molar-refractivity contribution in [3.05, 3.63) is 94.2 Å². The van der Waals surface area contributed by atoms with Gasteiger partial charge < -0.3 is 10.1 Å². The monoisotopic (exact) mass is 454 g/mol. The molecule has 2 amide bonds. The quantitative estimate of drug-likeness (QED) is 0.457. The number of carbonyl (C=O) groups is 2. The van der Waals surface area contributed by atoms with Crippen molar-refractivity contribution in [2.75, 3.05) is 10.2 Å². The molecule has 0 bridgehead atoms. The topological polar surface area (TPSA) is 58.6 Å². The van der Waals surface area contributed by atoms with Crippen molar-refractivity contribution in [1.82, 2.24) is 0 Å². The van der Waals surface area contributed by atoms with Gasteiger partial charge in [0.05, 0.1) is 17.4 Å². The van der Waals surface area contributed by atoms with Gasteiger partial charge in [-0.1, -0.05) is 35.9 Å². The zero-order valence-electron chi connectivity index (χ0n) is 20.5. The average Bonchev–Trinajstić information content (AvgIpc) is 3.01. The van der Waals surface area contributed by atoms with Crippen molar-refractivity contribution in [2.45, 2.75) is 47.6 Å². The highest BCUT2D eigenvalue weighted by molar-refractivity contribution is 6.46. The fourth-order valence-corrected chi connectivity index (χ4v) is 4.22. The van der Waals surface area contributed by atoms with Gasteiger partial charge in [0.2, 0.25) is 0 Å². The number of anilines is 2. The normalized spacial score (nSPS) is 13.8. The largest absolute Gasteiger partial charge is 0.491 e. The lowest BCUT2D eigenvalue weighted by Crippen LogP contribution is -2.33. The summed E-state index contributed by atoms with van der Waals surface area (Å²) in [7, 11) is 0. The van der Waals surface area contributed by atoms with Crippen LogP contribution in [0.2, 0.25) is 0 Å². The minimum atomic E-state index is -0.365. The molecule has 0 fully saturated rings. The van der Waals surface area contributed by atoms with Crippen LogP contribution in [-0.4, -0.2) is 17.9 Å². The minimum absolute atomic E-state index is 0.0674. The van der Waals surface area contributed by atoms with Crippen molar-refractivity contribution in [3.8, 4) is 5.75 Å². The first-order valence-electron chi connectivity index (χ1n) is 11.5. The molecule has 3 aromatic carbocycles. The number of ether oxygens (including phenoxy) is 1. The second kappa shape index (κ2) is 9.18. The van der Waals surface area contributed by atoms with Gasteiger partial charge in [0.1, 0.15) is 11.4 Å². The molecule has 5 nitrogen and oxygen atoms in total. The van der Waals surface area contributed by atoms with Crippen molar-refractivity contribution in [3.63, 3.8) is 0 Å². The highest BCUT2D eigenvalue weighted by Gasteiger charge is 2.41. The first-order chi connectivity index (χ1) is 16.2. The number of imide groups is 1. The molecule has 0 aromatic heterocycles. The van der Waals surface area contributed by atoms with Crippen LogP contribution in [0.4, 0.5) is 11.4 Å². The SMILES string of the molecule is Cc1ccc(C2=C(Nc3ccc(OC(C)C)cc3)C(=O)N(c3cccc(C)c3C)C2=O)c(C)c1. The lowest BCUT2D eigenvalue weighted by molar-refractivity contribution is -0.120. The molecule has 5 heteroatoms. The summed E-state index contributed by atoms with van der Waals surface area (Å²) < 4.78 is 5.72. The van der Waals surface area contributed by atoms with E-state index in [2.05, 4.69) is 5.32 Å². The van der Waals surface area contributed by atoms with Crippen molar-refractivity contribution in [2.24, 2.45) is 0 Å². The van der Waals surface area contributed by atoms with Crippen molar-refractivity contribution < 1.29 is 14.3 Å². The zero-order chi connectivity index (χ0) is 24.6. The van der Waals surface area contributed by atoms with E-state index >= 15 is 0 Å². The molecule has 0 aliphatic carbocycles. The second-order valence-electron chi connectivity index (χ2n) is 9.05. The number of rotatable bonds is 6. The molecule has 0 unspecified atom stereocenters. The van der Waals surface area contributed by atoms with E-state index in [1.165, 1.54) is 4.90 Å². The number of amides is 2. The van der Waals surface area contributed by atoms with E-state index < -0.39 is 0 Å². The van der Waals surface area contributed by atoms with Gasteiger partial charge in [-0.25, -0.2) is 4.90 Å². The summed E-state index contributed by atoms with van der Waals surface area (Å²) >= 11 is 0. The zero-order valence-corrected chi connectivity index (χ0v) is 20.5. The Morgan fingerprint density at radius 2 is 1.53 bits per heavy atom. The van der Waals surface area contributed by atoms with Crippen LogP contribution >= 0.6 is 0 Å². The van der Waals surface area contributed by atoms with Gasteiger partial charge in [0.25, 0.3) is 11.8 Å². The maximum absolute atomic E-state index is 13.8. The molecular formula is C29H30N2O3. The number of nitrogens with one attached hydrogen (secondary N) is 1. The number of aryl methyl sites for hydroxylation is 3. The summed E-state index contributed by atoms with van der Waals surface area (Å²) in [5.74, 6) is 0.0547. The Labute approximate surface area is 201 Å². The Morgan fingerprint density at radius 1 is 0.824 bits per heavy atom. The third kappa shape index (κ3) is 4.34. The molecule has 0 atom stereocenters. The Bertz CT molecular complexity index is 1300. The lowest BCUT2D eigenvalue weighted by atomic mass is 9.97. The highest BCUT2D eigenvalue weighted by atomic mass is 16.5. The van der Waals surface area contributed by atoms with Crippen LogP contribution in [0.3, 0.4) is 0 Å². The van der Waals surface area contributed by atoms with Crippen LogP contribution in [0.1, 0.15) is 41.7 Å². The standard InChI is InChI=1S/C29H30N2O3/c1-17(2)34-23-13-11-22(12-14-23)30-27-26(24-15-10-18(3)16-20(24)5)28(32)31(29(27)33)25-9-7-8-19(4)21(25)6/h7-17,30H,1-6H3. The number of benzene rings is 3. The fourth-order valence-electron chi connectivity index (χ4n) is 4.22. The van der Waals surface area contributed by atoms with Gasteiger partial charge in [0, 0.05) is 5.69 Å². The summed E-state index contributed by atoms with van der Waals surface area (Å²) in [4.78, 5) is 28.8. The van der Waals surface area contributed by atoms with E-state index in [9.17, 15) is 9.59 Å². The molecule has 174 valence electrons. The summed E-state index contributed by atoms with van der Waals surface area (Å²) in [5.41, 5.74) is 6.68. The fraction of sp³-hybridized carbons (Fsp3) is 0.241. The third-order valence-corrected chi connectivity index (χ3v) is 6.05. The Morgan fingerprint density at radius 3 is 2.18 bits per heavy atom. The molecule has 1 N–H and O–H groups in total. The Balaban J connectivity index is 1.81. The Kier molecular flexibility index (Phi) is 6.29.